The minimum atomic E-state index is -0.264. The number of likely N-dealkylation sites (N-methyl/N-ethyl adjacent to an activating group) is 1. The Morgan fingerprint density at radius 3 is 2.84 bits per heavy atom. The fourth-order valence-electron chi connectivity index (χ4n) is 3.73. The minimum absolute atomic E-state index is 0.181. The first kappa shape index (κ1) is 21.4. The van der Waals surface area contributed by atoms with Crippen LogP contribution in [0.5, 0.6) is 0 Å². The summed E-state index contributed by atoms with van der Waals surface area (Å²) >= 11 is 6.29. The Labute approximate surface area is 186 Å². The highest BCUT2D eigenvalue weighted by Crippen LogP contribution is 2.39. The molecule has 0 fully saturated rings. The van der Waals surface area contributed by atoms with Gasteiger partial charge in [-0.15, -0.1) is 0 Å². The topological polar surface area (TPSA) is 53.9 Å². The summed E-state index contributed by atoms with van der Waals surface area (Å²) in [5, 5.41) is 4.94. The van der Waals surface area contributed by atoms with Gasteiger partial charge in [0, 0.05) is 46.8 Å². The second kappa shape index (κ2) is 9.12. The molecule has 0 radical (unpaired) electrons. The number of rotatable bonds is 6. The maximum absolute atomic E-state index is 15.0. The van der Waals surface area contributed by atoms with Gasteiger partial charge < -0.3 is 10.2 Å². The molecule has 1 aliphatic rings. The van der Waals surface area contributed by atoms with Crippen LogP contribution in [0.2, 0.25) is 0 Å². The van der Waals surface area contributed by atoms with Crippen molar-refractivity contribution in [3.8, 4) is 11.1 Å². The lowest BCUT2D eigenvalue weighted by Gasteiger charge is -2.19. The maximum Gasteiger partial charge on any atom is 0.137 e. The molecule has 160 valence electrons. The van der Waals surface area contributed by atoms with Crippen LogP contribution in [0.4, 0.5) is 10.2 Å². The maximum atomic E-state index is 15.0. The smallest absolute Gasteiger partial charge is 0.137 e. The van der Waals surface area contributed by atoms with E-state index in [9.17, 15) is 0 Å². The third kappa shape index (κ3) is 4.60. The summed E-state index contributed by atoms with van der Waals surface area (Å²) < 4.78 is 15.0. The van der Waals surface area contributed by atoms with Gasteiger partial charge in [0.05, 0.1) is 11.2 Å². The summed E-state index contributed by atoms with van der Waals surface area (Å²) in [6.07, 6.45) is 5.44. The van der Waals surface area contributed by atoms with E-state index in [4.69, 9.17) is 11.6 Å². The monoisotopic (exact) mass is 437 g/mol. The highest BCUT2D eigenvalue weighted by molar-refractivity contribution is 6.30. The zero-order chi connectivity index (χ0) is 22.0. The number of fused-ring (bicyclic) bond motifs is 1. The standard InChI is InChI=1S/C24H25ClFN5/c1-15-11-17(25)13-20(22(15)26)23-18(5-4-8-27-23)16-6-7-21-19(12-16)24(30-14-29-21)28-9-10-31(2)3/h4-8,12-15H,9-11H2,1-3H3,(H,28,29,30). The highest BCUT2D eigenvalue weighted by Gasteiger charge is 2.23. The first-order valence-electron chi connectivity index (χ1n) is 10.3. The van der Waals surface area contributed by atoms with Crippen molar-refractivity contribution in [2.45, 2.75) is 13.3 Å². The summed E-state index contributed by atoms with van der Waals surface area (Å²) in [5.74, 6) is 0.332. The molecule has 1 aliphatic carbocycles. The molecule has 31 heavy (non-hydrogen) atoms. The van der Waals surface area contributed by atoms with Crippen molar-refractivity contribution >= 4 is 33.9 Å². The molecular formula is C24H25ClFN5. The first-order chi connectivity index (χ1) is 14.9. The van der Waals surface area contributed by atoms with Crippen molar-refractivity contribution in [2.24, 2.45) is 5.92 Å². The van der Waals surface area contributed by atoms with E-state index in [1.165, 1.54) is 0 Å². The van der Waals surface area contributed by atoms with Crippen LogP contribution >= 0.6 is 11.6 Å². The van der Waals surface area contributed by atoms with E-state index in [1.807, 2.05) is 51.4 Å². The molecule has 0 spiro atoms. The normalized spacial score (nSPS) is 16.7. The van der Waals surface area contributed by atoms with Crippen molar-refractivity contribution in [2.75, 3.05) is 32.5 Å². The van der Waals surface area contributed by atoms with Gasteiger partial charge in [0.15, 0.2) is 0 Å². The third-order valence-electron chi connectivity index (χ3n) is 5.35. The van der Waals surface area contributed by atoms with Crippen LogP contribution in [0.15, 0.2) is 59.8 Å². The highest BCUT2D eigenvalue weighted by atomic mass is 35.5. The van der Waals surface area contributed by atoms with Crippen LogP contribution in [0.25, 0.3) is 27.6 Å². The van der Waals surface area contributed by atoms with Crippen LogP contribution in [0, 0.1) is 5.92 Å². The lowest BCUT2D eigenvalue weighted by molar-refractivity contribution is 0.425. The number of allylic oxidation sites excluding steroid dienone is 4. The quantitative estimate of drug-likeness (QED) is 0.551. The number of hydrogen-bond acceptors (Lipinski definition) is 5. The van der Waals surface area contributed by atoms with Crippen molar-refractivity contribution in [3.63, 3.8) is 0 Å². The molecule has 0 aliphatic heterocycles. The molecule has 0 bridgehead atoms. The summed E-state index contributed by atoms with van der Waals surface area (Å²) in [5.41, 5.74) is 3.64. The van der Waals surface area contributed by atoms with E-state index in [2.05, 4.69) is 25.2 Å². The van der Waals surface area contributed by atoms with Gasteiger partial charge in [-0.2, -0.15) is 0 Å². The predicted octanol–water partition coefficient (Wildman–Crippen LogP) is 5.51. The van der Waals surface area contributed by atoms with E-state index < -0.39 is 0 Å². The van der Waals surface area contributed by atoms with E-state index in [0.717, 1.165) is 40.9 Å². The Hall–Kier alpha value is -2.83. The van der Waals surface area contributed by atoms with Gasteiger partial charge in [0.25, 0.3) is 0 Å². The number of nitrogens with zero attached hydrogens (tertiary/aromatic N) is 4. The van der Waals surface area contributed by atoms with Gasteiger partial charge in [-0.1, -0.05) is 30.7 Å². The van der Waals surface area contributed by atoms with Crippen LogP contribution in [0.3, 0.4) is 0 Å². The number of nitrogens with one attached hydrogen (secondary N) is 1. The van der Waals surface area contributed by atoms with Gasteiger partial charge in [-0.05, 0) is 50.4 Å². The number of anilines is 1. The third-order valence-corrected chi connectivity index (χ3v) is 5.62. The van der Waals surface area contributed by atoms with Gasteiger partial charge in [0.1, 0.15) is 18.0 Å². The Kier molecular flexibility index (Phi) is 6.30. The Balaban J connectivity index is 1.79. The van der Waals surface area contributed by atoms with Crippen LogP contribution < -0.4 is 5.32 Å². The number of halogens is 2. The minimum Gasteiger partial charge on any atom is -0.368 e. The molecule has 2 aromatic heterocycles. The number of aromatic nitrogens is 3. The lowest BCUT2D eigenvalue weighted by atomic mass is 9.90. The molecule has 1 unspecified atom stereocenters. The predicted molar refractivity (Wildman–Crippen MR) is 126 cm³/mol. The molecule has 2 heterocycles. The molecule has 1 N–H and O–H groups in total. The molecule has 0 saturated carbocycles. The van der Waals surface area contributed by atoms with E-state index >= 15 is 4.39 Å². The van der Waals surface area contributed by atoms with Crippen molar-refractivity contribution in [3.05, 3.63) is 65.5 Å². The van der Waals surface area contributed by atoms with Gasteiger partial charge >= 0.3 is 0 Å². The second-order valence-corrected chi connectivity index (χ2v) is 8.53. The fraction of sp³-hybridized carbons (Fsp3) is 0.292. The molecule has 4 rings (SSSR count). The van der Waals surface area contributed by atoms with Gasteiger partial charge in [-0.25, -0.2) is 14.4 Å². The summed E-state index contributed by atoms with van der Waals surface area (Å²) in [6.45, 7) is 3.49. The van der Waals surface area contributed by atoms with Crippen molar-refractivity contribution in [1.82, 2.24) is 19.9 Å². The Bertz CT molecular complexity index is 1170. The zero-order valence-corrected chi connectivity index (χ0v) is 18.6. The summed E-state index contributed by atoms with van der Waals surface area (Å²) in [4.78, 5) is 15.4. The molecule has 0 saturated heterocycles. The summed E-state index contributed by atoms with van der Waals surface area (Å²) in [6, 6.07) is 9.78. The molecule has 1 atom stereocenters. The SMILES string of the molecule is CC1CC(Cl)=CC(c2ncccc2-c2ccc3ncnc(NCCN(C)C)c3c2)=C1F. The molecule has 0 amide bonds. The van der Waals surface area contributed by atoms with Crippen molar-refractivity contribution < 1.29 is 4.39 Å². The lowest BCUT2D eigenvalue weighted by Crippen LogP contribution is -2.21. The largest absolute Gasteiger partial charge is 0.368 e. The number of pyridine rings is 1. The fourth-order valence-corrected chi connectivity index (χ4v) is 4.07. The van der Waals surface area contributed by atoms with Crippen LogP contribution in [0.1, 0.15) is 19.0 Å². The molecule has 3 aromatic rings. The second-order valence-electron chi connectivity index (χ2n) is 8.04. The molecule has 7 heteroatoms. The zero-order valence-electron chi connectivity index (χ0n) is 17.9. The number of benzene rings is 1. The summed E-state index contributed by atoms with van der Waals surface area (Å²) in [7, 11) is 4.06. The van der Waals surface area contributed by atoms with Gasteiger partial charge in [0.2, 0.25) is 0 Å². The van der Waals surface area contributed by atoms with E-state index in [1.54, 1.807) is 18.6 Å². The van der Waals surface area contributed by atoms with Gasteiger partial charge in [-0.3, -0.25) is 4.98 Å². The number of hydrogen-bond donors (Lipinski definition) is 1. The van der Waals surface area contributed by atoms with Crippen LogP contribution in [-0.4, -0.2) is 47.0 Å². The van der Waals surface area contributed by atoms with E-state index in [-0.39, 0.29) is 11.7 Å². The van der Waals surface area contributed by atoms with Crippen molar-refractivity contribution in [1.29, 1.82) is 0 Å². The molecule has 1 aromatic carbocycles. The Morgan fingerprint density at radius 1 is 1.19 bits per heavy atom. The first-order valence-corrected chi connectivity index (χ1v) is 10.7. The average Bonchev–Trinajstić information content (AvgIpc) is 2.76. The average molecular weight is 438 g/mol. The van der Waals surface area contributed by atoms with E-state index in [0.29, 0.717) is 22.7 Å². The molecule has 5 nitrogen and oxygen atoms in total. The molecular weight excluding hydrogens is 413 g/mol. The Morgan fingerprint density at radius 2 is 2.03 bits per heavy atom. The van der Waals surface area contributed by atoms with Crippen LogP contribution in [-0.2, 0) is 0 Å².